The van der Waals surface area contributed by atoms with Crippen molar-refractivity contribution in [2.75, 3.05) is 10.1 Å². The zero-order valence-electron chi connectivity index (χ0n) is 26.2. The molecule has 226 valence electrons. The molecule has 0 bridgehead atoms. The largest absolute Gasteiger partial charge is 0.309 e. The Kier molecular flexibility index (Phi) is 7.25. The number of para-hydroxylation sites is 4. The van der Waals surface area contributed by atoms with E-state index in [1.54, 1.807) is 0 Å². The van der Waals surface area contributed by atoms with Crippen LogP contribution in [0.1, 0.15) is 12.5 Å². The number of nitrogens with zero attached hydrogens (tertiary/aromatic N) is 3. The Morgan fingerprint density at radius 2 is 1.19 bits per heavy atom. The zero-order valence-corrected chi connectivity index (χ0v) is 26.2. The summed E-state index contributed by atoms with van der Waals surface area (Å²) in [6.07, 6.45) is 12.4. The molecule has 0 unspecified atom stereocenters. The van der Waals surface area contributed by atoms with Crippen LogP contribution in [0.4, 0.5) is 17.1 Å². The molecule has 8 rings (SSSR count). The highest BCUT2D eigenvalue weighted by Crippen LogP contribution is 2.54. The quantitative estimate of drug-likeness (QED) is 0.151. The standard InChI is InChI=1S/C43H34N4/c1-2-3-4-5-8-19-31-20-13-14-25-34(31)37-30-40-41(35-26-15-17-28-38(35)45(40)32-21-9-6-10-22-32)42-36-27-16-18-29-39(36)46(47(44)43(37)42)33-23-11-7-12-24-33/h2-30H,44H2,1H3/b3-2-,5-4-,19-8+. The van der Waals surface area contributed by atoms with E-state index in [4.69, 9.17) is 5.84 Å². The van der Waals surface area contributed by atoms with E-state index < -0.39 is 0 Å². The number of nitrogens with two attached hydrogens (primary N) is 1. The van der Waals surface area contributed by atoms with Crippen LogP contribution in [0.15, 0.2) is 170 Å². The zero-order chi connectivity index (χ0) is 31.7. The summed E-state index contributed by atoms with van der Waals surface area (Å²) in [7, 11) is 0. The minimum atomic E-state index is 0.960. The van der Waals surface area contributed by atoms with E-state index in [1.807, 2.05) is 36.3 Å². The van der Waals surface area contributed by atoms with Crippen molar-refractivity contribution in [2.45, 2.75) is 6.92 Å². The Labute approximate surface area is 275 Å². The molecule has 0 saturated carbocycles. The summed E-state index contributed by atoms with van der Waals surface area (Å²) in [5.41, 5.74) is 11.9. The van der Waals surface area contributed by atoms with Crippen molar-refractivity contribution in [3.63, 3.8) is 0 Å². The first-order chi connectivity index (χ1) is 23.3. The van der Waals surface area contributed by atoms with Gasteiger partial charge in [-0.25, -0.2) is 16.0 Å². The molecule has 0 aliphatic carbocycles. The molecule has 4 heteroatoms. The average Bonchev–Trinajstić information content (AvgIpc) is 3.46. The summed E-state index contributed by atoms with van der Waals surface area (Å²) in [5.74, 6) is 7.35. The molecule has 0 fully saturated rings. The minimum absolute atomic E-state index is 0.960. The number of anilines is 3. The van der Waals surface area contributed by atoms with Crippen LogP contribution in [0.25, 0.3) is 55.8 Å². The second-order valence-electron chi connectivity index (χ2n) is 11.6. The van der Waals surface area contributed by atoms with Gasteiger partial charge >= 0.3 is 0 Å². The van der Waals surface area contributed by atoms with Gasteiger partial charge < -0.3 is 4.57 Å². The summed E-state index contributed by atoms with van der Waals surface area (Å²) in [4.78, 5) is 0. The molecule has 1 aliphatic heterocycles. The van der Waals surface area contributed by atoms with Crippen LogP contribution in [-0.4, -0.2) is 4.57 Å². The van der Waals surface area contributed by atoms with Gasteiger partial charge in [-0.1, -0.05) is 134 Å². The maximum atomic E-state index is 7.35. The fourth-order valence-electron chi connectivity index (χ4n) is 6.88. The van der Waals surface area contributed by atoms with Crippen molar-refractivity contribution in [2.24, 2.45) is 5.84 Å². The Morgan fingerprint density at radius 3 is 1.98 bits per heavy atom. The van der Waals surface area contributed by atoms with Crippen molar-refractivity contribution < 1.29 is 0 Å². The predicted octanol–water partition coefficient (Wildman–Crippen LogP) is 11.0. The van der Waals surface area contributed by atoms with E-state index in [0.29, 0.717) is 0 Å². The Balaban J connectivity index is 1.52. The summed E-state index contributed by atoms with van der Waals surface area (Å²) in [6, 6.07) is 49.2. The number of benzene rings is 6. The molecule has 1 aromatic heterocycles. The first-order valence-corrected chi connectivity index (χ1v) is 16.0. The molecule has 1 aliphatic rings. The van der Waals surface area contributed by atoms with E-state index in [0.717, 1.165) is 61.6 Å². The third-order valence-electron chi connectivity index (χ3n) is 8.85. The van der Waals surface area contributed by atoms with Crippen molar-refractivity contribution in [3.8, 4) is 27.9 Å². The molecule has 47 heavy (non-hydrogen) atoms. The number of hydrogen-bond donors (Lipinski definition) is 1. The van der Waals surface area contributed by atoms with Gasteiger partial charge in [-0.2, -0.15) is 0 Å². The van der Waals surface area contributed by atoms with Gasteiger partial charge in [0.25, 0.3) is 0 Å². The summed E-state index contributed by atoms with van der Waals surface area (Å²) in [5, 5.41) is 6.35. The second kappa shape index (κ2) is 12.0. The molecule has 4 nitrogen and oxygen atoms in total. The molecule has 0 atom stereocenters. The molecule has 7 aromatic rings. The smallest absolute Gasteiger partial charge is 0.0925 e. The molecule has 2 N–H and O–H groups in total. The topological polar surface area (TPSA) is 37.4 Å². The lowest BCUT2D eigenvalue weighted by atomic mass is 9.88. The highest BCUT2D eigenvalue weighted by molar-refractivity contribution is 6.23. The summed E-state index contributed by atoms with van der Waals surface area (Å²) < 4.78 is 2.39. The number of hydrazine groups is 2. The van der Waals surface area contributed by atoms with Crippen LogP contribution in [-0.2, 0) is 0 Å². The van der Waals surface area contributed by atoms with E-state index >= 15 is 0 Å². The third kappa shape index (κ3) is 4.75. The lowest BCUT2D eigenvalue weighted by Crippen LogP contribution is -2.47. The van der Waals surface area contributed by atoms with Gasteiger partial charge in [-0.15, -0.1) is 0 Å². The minimum Gasteiger partial charge on any atom is -0.309 e. The van der Waals surface area contributed by atoms with Crippen molar-refractivity contribution in [1.29, 1.82) is 0 Å². The fraction of sp³-hybridized carbons (Fsp3) is 0.0233. The first kappa shape index (κ1) is 28.4. The van der Waals surface area contributed by atoms with Crippen LogP contribution in [0, 0.1) is 0 Å². The van der Waals surface area contributed by atoms with Crippen LogP contribution in [0.5, 0.6) is 0 Å². The van der Waals surface area contributed by atoms with Gasteiger partial charge in [0.15, 0.2) is 0 Å². The van der Waals surface area contributed by atoms with Gasteiger partial charge in [-0.3, -0.25) is 0 Å². The van der Waals surface area contributed by atoms with Crippen LogP contribution in [0.3, 0.4) is 0 Å². The number of aromatic nitrogens is 1. The van der Waals surface area contributed by atoms with Crippen LogP contribution in [0.2, 0.25) is 0 Å². The van der Waals surface area contributed by atoms with E-state index in [-0.39, 0.29) is 0 Å². The van der Waals surface area contributed by atoms with Crippen molar-refractivity contribution >= 4 is 44.9 Å². The maximum Gasteiger partial charge on any atom is 0.0925 e. The average molecular weight is 607 g/mol. The second-order valence-corrected chi connectivity index (χ2v) is 11.6. The van der Waals surface area contributed by atoms with Crippen molar-refractivity contribution in [1.82, 2.24) is 4.57 Å². The van der Waals surface area contributed by atoms with Gasteiger partial charge in [0.05, 0.1) is 28.1 Å². The molecule has 6 aromatic carbocycles. The maximum absolute atomic E-state index is 7.35. The Bertz CT molecular complexity index is 2330. The summed E-state index contributed by atoms with van der Waals surface area (Å²) >= 11 is 0. The predicted molar refractivity (Wildman–Crippen MR) is 200 cm³/mol. The monoisotopic (exact) mass is 606 g/mol. The molecule has 0 amide bonds. The lowest BCUT2D eigenvalue weighted by molar-refractivity contribution is 0.862. The highest BCUT2D eigenvalue weighted by Gasteiger charge is 2.34. The van der Waals surface area contributed by atoms with E-state index in [2.05, 4.69) is 161 Å². The number of hydrogen-bond acceptors (Lipinski definition) is 3. The lowest BCUT2D eigenvalue weighted by Gasteiger charge is -2.42. The molecule has 0 spiro atoms. The van der Waals surface area contributed by atoms with Gasteiger partial charge in [0.1, 0.15) is 0 Å². The van der Waals surface area contributed by atoms with E-state index in [1.165, 1.54) is 10.8 Å². The van der Waals surface area contributed by atoms with E-state index in [9.17, 15) is 0 Å². The number of rotatable bonds is 6. The van der Waals surface area contributed by atoms with Crippen LogP contribution < -0.4 is 16.0 Å². The molecule has 2 heterocycles. The Morgan fingerprint density at radius 1 is 0.553 bits per heavy atom. The summed E-state index contributed by atoms with van der Waals surface area (Å²) in [6.45, 7) is 2.02. The molecule has 0 saturated heterocycles. The normalized spacial score (nSPS) is 13.0. The molecular weight excluding hydrogens is 573 g/mol. The fourth-order valence-corrected chi connectivity index (χ4v) is 6.88. The Hall–Kier alpha value is -6.10. The van der Waals surface area contributed by atoms with Gasteiger partial charge in [0.2, 0.25) is 0 Å². The van der Waals surface area contributed by atoms with Crippen molar-refractivity contribution in [3.05, 3.63) is 175 Å². The SMILES string of the molecule is C\C=C/C=C\C=C\c1ccccc1-c1cc2c(c3c1N(N)N(c1ccccc1)c1ccccc1-3)c1ccccc1n2-c1ccccc1. The third-order valence-corrected chi connectivity index (χ3v) is 8.85. The number of fused-ring (bicyclic) bond motifs is 7. The van der Waals surface area contributed by atoms with Gasteiger partial charge in [0, 0.05) is 33.2 Å². The first-order valence-electron chi connectivity index (χ1n) is 16.0. The number of allylic oxidation sites excluding steroid dienone is 5. The molecule has 0 radical (unpaired) electrons. The highest BCUT2D eigenvalue weighted by atomic mass is 15.8. The molecular formula is C43H34N4. The van der Waals surface area contributed by atoms with Gasteiger partial charge in [-0.05, 0) is 60.5 Å². The van der Waals surface area contributed by atoms with Crippen LogP contribution >= 0.6 is 0 Å².